The molecule has 1 fully saturated rings. The van der Waals surface area contributed by atoms with E-state index < -0.39 is 0 Å². The number of likely N-dealkylation sites (tertiary alicyclic amines) is 1. The van der Waals surface area contributed by atoms with E-state index >= 15 is 0 Å². The number of rotatable bonds is 11. The van der Waals surface area contributed by atoms with Crippen molar-refractivity contribution in [2.24, 2.45) is 23.2 Å². The van der Waals surface area contributed by atoms with Crippen LogP contribution in [0.2, 0.25) is 0 Å². The molecule has 3 amide bonds. The number of nitrogens with one attached hydrogen (secondary N) is 1. The number of carbonyl (C=O) groups excluding carboxylic acids is 4. The zero-order chi connectivity index (χ0) is 21.5. The van der Waals surface area contributed by atoms with Crippen LogP contribution in [-0.2, 0) is 23.9 Å². The number of hydrogen-bond acceptors (Lipinski definition) is 5. The van der Waals surface area contributed by atoms with Crippen LogP contribution in [0, 0.1) is 23.2 Å². The number of ketones is 1. The summed E-state index contributed by atoms with van der Waals surface area (Å²) in [5.74, 6) is -0.574. The van der Waals surface area contributed by atoms with Gasteiger partial charge in [-0.15, -0.1) is 0 Å². The van der Waals surface area contributed by atoms with Gasteiger partial charge in [0.05, 0.1) is 19.1 Å². The van der Waals surface area contributed by atoms with Gasteiger partial charge in [0, 0.05) is 38.3 Å². The second kappa shape index (κ2) is 10.7. The lowest BCUT2D eigenvalue weighted by molar-refractivity contribution is -0.140. The van der Waals surface area contributed by atoms with Crippen LogP contribution in [0.5, 0.6) is 0 Å². The molecule has 160 valence electrons. The summed E-state index contributed by atoms with van der Waals surface area (Å²) in [6.45, 7) is 12.9. The number of amides is 3. The molecule has 2 unspecified atom stereocenters. The predicted octanol–water partition coefficient (Wildman–Crippen LogP) is 2.18. The Morgan fingerprint density at radius 2 is 1.82 bits per heavy atom. The summed E-state index contributed by atoms with van der Waals surface area (Å²) in [7, 11) is 0. The van der Waals surface area contributed by atoms with Gasteiger partial charge in [0.1, 0.15) is 5.78 Å². The summed E-state index contributed by atoms with van der Waals surface area (Å²) in [5.41, 5.74) is -0.265. The van der Waals surface area contributed by atoms with E-state index in [1.54, 1.807) is 0 Å². The summed E-state index contributed by atoms with van der Waals surface area (Å²) in [5, 5.41) is 2.81. The highest BCUT2D eigenvalue weighted by Gasteiger charge is 2.44. The highest BCUT2D eigenvalue weighted by atomic mass is 16.5. The van der Waals surface area contributed by atoms with Crippen LogP contribution in [0.15, 0.2) is 0 Å². The highest BCUT2D eigenvalue weighted by Crippen LogP contribution is 2.35. The first-order valence-corrected chi connectivity index (χ1v) is 10.1. The van der Waals surface area contributed by atoms with Gasteiger partial charge in [-0.1, -0.05) is 41.5 Å². The van der Waals surface area contributed by atoms with Gasteiger partial charge in [-0.05, 0) is 11.3 Å². The molecule has 7 nitrogen and oxygen atoms in total. The van der Waals surface area contributed by atoms with Crippen LogP contribution < -0.4 is 5.32 Å². The maximum atomic E-state index is 12.4. The number of Topliss-reactive ketones (excluding diaryl/α,β-unsaturated/α-hetero) is 1. The molecule has 0 aromatic heterocycles. The Morgan fingerprint density at radius 3 is 2.36 bits per heavy atom. The Balaban J connectivity index is 2.25. The zero-order valence-electron chi connectivity index (χ0n) is 18.2. The third kappa shape index (κ3) is 7.70. The van der Waals surface area contributed by atoms with E-state index in [-0.39, 0.29) is 66.1 Å². The molecule has 0 spiro atoms. The molecule has 0 aromatic carbocycles. The van der Waals surface area contributed by atoms with Crippen molar-refractivity contribution in [2.75, 3.05) is 26.3 Å². The second-order valence-electron chi connectivity index (χ2n) is 9.11. The Bertz CT molecular complexity index is 580. The van der Waals surface area contributed by atoms with Gasteiger partial charge in [0.25, 0.3) is 0 Å². The largest absolute Gasteiger partial charge is 0.381 e. The molecular formula is C21H36N2O5. The van der Waals surface area contributed by atoms with E-state index in [9.17, 15) is 19.2 Å². The van der Waals surface area contributed by atoms with Gasteiger partial charge >= 0.3 is 0 Å². The van der Waals surface area contributed by atoms with Crippen molar-refractivity contribution >= 4 is 23.5 Å². The molecule has 0 saturated carbocycles. The zero-order valence-corrected chi connectivity index (χ0v) is 18.2. The summed E-state index contributed by atoms with van der Waals surface area (Å²) in [6.07, 6.45) is 0.729. The third-order valence-electron chi connectivity index (χ3n) is 5.04. The summed E-state index contributed by atoms with van der Waals surface area (Å²) < 4.78 is 5.49. The maximum Gasteiger partial charge on any atom is 0.233 e. The lowest BCUT2D eigenvalue weighted by Gasteiger charge is -2.24. The van der Waals surface area contributed by atoms with Crippen molar-refractivity contribution in [3.8, 4) is 0 Å². The fourth-order valence-electron chi connectivity index (χ4n) is 2.99. The quantitative estimate of drug-likeness (QED) is 0.427. The molecule has 0 radical (unpaired) electrons. The average Bonchev–Trinajstić information content (AvgIpc) is 2.89. The van der Waals surface area contributed by atoms with E-state index in [0.717, 1.165) is 0 Å². The fourth-order valence-corrected chi connectivity index (χ4v) is 2.99. The lowest BCUT2D eigenvalue weighted by Crippen LogP contribution is -2.37. The summed E-state index contributed by atoms with van der Waals surface area (Å²) >= 11 is 0. The molecule has 28 heavy (non-hydrogen) atoms. The first-order valence-electron chi connectivity index (χ1n) is 10.1. The minimum Gasteiger partial charge on any atom is -0.381 e. The van der Waals surface area contributed by atoms with E-state index in [4.69, 9.17) is 4.74 Å². The van der Waals surface area contributed by atoms with Crippen LogP contribution in [0.25, 0.3) is 0 Å². The third-order valence-corrected chi connectivity index (χ3v) is 5.04. The fraction of sp³-hybridized carbons (Fsp3) is 0.810. The molecular weight excluding hydrogens is 360 g/mol. The number of hydrogen-bond donors (Lipinski definition) is 1. The Labute approximate surface area is 168 Å². The first kappa shape index (κ1) is 24.3. The maximum absolute atomic E-state index is 12.4. The molecule has 1 N–H and O–H groups in total. The number of carbonyl (C=O) groups is 4. The van der Waals surface area contributed by atoms with Crippen LogP contribution in [0.1, 0.15) is 60.8 Å². The summed E-state index contributed by atoms with van der Waals surface area (Å²) in [6, 6.07) is 0. The van der Waals surface area contributed by atoms with Crippen molar-refractivity contribution < 1.29 is 23.9 Å². The Morgan fingerprint density at radius 1 is 1.18 bits per heavy atom. The highest BCUT2D eigenvalue weighted by molar-refractivity contribution is 6.04. The Kier molecular flexibility index (Phi) is 9.27. The van der Waals surface area contributed by atoms with Gasteiger partial charge in [-0.2, -0.15) is 0 Å². The standard InChI is InChI=1S/C21H36N2O5/c1-14(2)17(24)8-10-28-13-15(3)12-22-18(25)7-9-23-19(26)11-16(20(23)27)21(4,5)6/h14-16H,7-13H2,1-6H3,(H,22,25). The average molecular weight is 397 g/mol. The molecule has 0 bridgehead atoms. The normalized spacial score (nSPS) is 18.7. The number of imide groups is 1. The first-order chi connectivity index (χ1) is 12.9. The van der Waals surface area contributed by atoms with Crippen molar-refractivity contribution in [3.05, 3.63) is 0 Å². The van der Waals surface area contributed by atoms with Gasteiger partial charge < -0.3 is 10.1 Å². The molecule has 1 saturated heterocycles. The molecule has 1 heterocycles. The van der Waals surface area contributed by atoms with Crippen LogP contribution >= 0.6 is 0 Å². The van der Waals surface area contributed by atoms with Crippen LogP contribution in [0.3, 0.4) is 0 Å². The lowest BCUT2D eigenvalue weighted by atomic mass is 9.80. The van der Waals surface area contributed by atoms with Crippen LogP contribution in [-0.4, -0.2) is 54.7 Å². The van der Waals surface area contributed by atoms with Crippen molar-refractivity contribution in [1.29, 1.82) is 0 Å². The van der Waals surface area contributed by atoms with Gasteiger partial charge in [-0.25, -0.2) is 0 Å². The molecule has 1 rings (SSSR count). The van der Waals surface area contributed by atoms with Gasteiger partial charge in [0.2, 0.25) is 17.7 Å². The number of nitrogens with zero attached hydrogens (tertiary/aromatic N) is 1. The van der Waals surface area contributed by atoms with Crippen molar-refractivity contribution in [1.82, 2.24) is 10.2 Å². The SMILES string of the molecule is CC(CNC(=O)CCN1C(=O)CC(C(C)(C)C)C1=O)COCCC(=O)C(C)C. The molecule has 7 heteroatoms. The van der Waals surface area contributed by atoms with E-state index in [1.165, 1.54) is 4.90 Å². The van der Waals surface area contributed by atoms with E-state index in [0.29, 0.717) is 26.2 Å². The molecule has 1 aliphatic rings. The molecule has 0 aliphatic carbocycles. The van der Waals surface area contributed by atoms with E-state index in [1.807, 2.05) is 41.5 Å². The molecule has 2 atom stereocenters. The number of ether oxygens (including phenoxy) is 1. The van der Waals surface area contributed by atoms with Crippen molar-refractivity contribution in [2.45, 2.75) is 60.8 Å². The molecule has 1 aliphatic heterocycles. The topological polar surface area (TPSA) is 92.8 Å². The monoisotopic (exact) mass is 396 g/mol. The predicted molar refractivity (Wildman–Crippen MR) is 106 cm³/mol. The van der Waals surface area contributed by atoms with Crippen molar-refractivity contribution in [3.63, 3.8) is 0 Å². The Hall–Kier alpha value is -1.76. The minimum absolute atomic E-state index is 0.0216. The minimum atomic E-state index is -0.317. The van der Waals surface area contributed by atoms with Gasteiger partial charge in [0.15, 0.2) is 0 Å². The summed E-state index contributed by atoms with van der Waals surface area (Å²) in [4.78, 5) is 49.3. The van der Waals surface area contributed by atoms with Gasteiger partial charge in [-0.3, -0.25) is 24.1 Å². The second-order valence-corrected chi connectivity index (χ2v) is 9.11. The smallest absolute Gasteiger partial charge is 0.233 e. The van der Waals surface area contributed by atoms with E-state index in [2.05, 4.69) is 5.32 Å². The van der Waals surface area contributed by atoms with Crippen LogP contribution in [0.4, 0.5) is 0 Å². The molecule has 0 aromatic rings.